The number of nitrogens with one attached hydrogen (secondary N) is 1. The van der Waals surface area contributed by atoms with Crippen molar-refractivity contribution < 1.29 is 31.9 Å². The number of aromatic amines is 1. The normalized spacial score (nSPS) is 12.4. The Morgan fingerprint density at radius 2 is 1.69 bits per heavy atom. The van der Waals surface area contributed by atoms with Crippen molar-refractivity contribution in [2.24, 2.45) is 0 Å². The van der Waals surface area contributed by atoms with Gasteiger partial charge in [0.25, 0.3) is 0 Å². The van der Waals surface area contributed by atoms with Gasteiger partial charge < -0.3 is 14.5 Å². The number of sulfonamides is 1. The van der Waals surface area contributed by atoms with Crippen molar-refractivity contribution in [1.29, 1.82) is 0 Å². The Balaban J connectivity index is 1.82. The third-order valence-corrected chi connectivity index (χ3v) is 7.37. The predicted octanol–water partition coefficient (Wildman–Crippen LogP) is 4.34. The summed E-state index contributed by atoms with van der Waals surface area (Å²) in [6.07, 6.45) is 1.77. The molecule has 4 aromatic rings. The van der Waals surface area contributed by atoms with Gasteiger partial charge >= 0.3 is 11.9 Å². The fourth-order valence-corrected chi connectivity index (χ4v) is 5.41. The van der Waals surface area contributed by atoms with Crippen LogP contribution in [0.1, 0.15) is 24.1 Å². The first kappa shape index (κ1) is 25.1. The van der Waals surface area contributed by atoms with E-state index in [0.29, 0.717) is 5.56 Å². The maximum Gasteiger partial charge on any atom is 0.328 e. The lowest BCUT2D eigenvalue weighted by atomic mass is 10.1. The maximum absolute atomic E-state index is 13.9. The lowest BCUT2D eigenvalue weighted by Crippen LogP contribution is -2.39. The van der Waals surface area contributed by atoms with Crippen LogP contribution in [0.15, 0.2) is 83.9 Å². The second-order valence-electron chi connectivity index (χ2n) is 7.99. The average Bonchev–Trinajstić information content (AvgIpc) is 3.32. The first-order chi connectivity index (χ1) is 17.2. The van der Waals surface area contributed by atoms with E-state index in [4.69, 9.17) is 9.47 Å². The number of methoxy groups -OCH3 is 1. The number of benzene rings is 3. The van der Waals surface area contributed by atoms with Crippen LogP contribution in [0.5, 0.6) is 5.75 Å². The molecule has 0 fully saturated rings. The molecule has 1 aromatic heterocycles. The Labute approximate surface area is 207 Å². The number of nitrogens with zero attached hydrogens (tertiary/aromatic N) is 1. The molecule has 0 saturated carbocycles. The average molecular weight is 511 g/mol. The Morgan fingerprint density at radius 3 is 2.33 bits per heavy atom. The van der Waals surface area contributed by atoms with Gasteiger partial charge in [0.05, 0.1) is 12.0 Å². The van der Waals surface area contributed by atoms with Gasteiger partial charge in [-0.1, -0.05) is 18.2 Å². The molecule has 0 radical (unpaired) electrons. The number of carbonyl (C=O) groups is 2. The van der Waals surface area contributed by atoms with Crippen LogP contribution in [0, 0.1) is 5.82 Å². The summed E-state index contributed by atoms with van der Waals surface area (Å²) in [5.74, 6) is -1.73. The molecular weight excluding hydrogens is 487 g/mol. The van der Waals surface area contributed by atoms with E-state index in [2.05, 4.69) is 4.98 Å². The van der Waals surface area contributed by atoms with Crippen molar-refractivity contribution in [3.63, 3.8) is 0 Å². The standard InChI is InChI=1S/C26H23FN2O6S/c1-17(30)35-22-8-10-23(11-9-22)36(32,33)29(16-18-3-12-24-20(15-18)13-14-28-24)25(26(31)34-2)19-4-6-21(27)7-5-19/h3-15,25,28H,16H2,1-2H3. The van der Waals surface area contributed by atoms with Crippen molar-refractivity contribution in [1.82, 2.24) is 9.29 Å². The van der Waals surface area contributed by atoms with Crippen LogP contribution in [-0.2, 0) is 30.9 Å². The summed E-state index contributed by atoms with van der Waals surface area (Å²) >= 11 is 0. The van der Waals surface area contributed by atoms with E-state index in [9.17, 15) is 22.4 Å². The van der Waals surface area contributed by atoms with Gasteiger partial charge in [-0.05, 0) is 71.1 Å². The number of carbonyl (C=O) groups excluding carboxylic acids is 2. The van der Waals surface area contributed by atoms with E-state index in [0.717, 1.165) is 34.5 Å². The van der Waals surface area contributed by atoms with Crippen molar-refractivity contribution in [2.45, 2.75) is 24.4 Å². The van der Waals surface area contributed by atoms with Gasteiger partial charge in [-0.15, -0.1) is 0 Å². The summed E-state index contributed by atoms with van der Waals surface area (Å²) in [6, 6.07) is 16.1. The minimum absolute atomic E-state index is 0.128. The van der Waals surface area contributed by atoms with Crippen LogP contribution < -0.4 is 4.74 Å². The Morgan fingerprint density at radius 1 is 1.00 bits per heavy atom. The quantitative estimate of drug-likeness (QED) is 0.279. The minimum atomic E-state index is -4.31. The molecule has 10 heteroatoms. The van der Waals surface area contributed by atoms with E-state index < -0.39 is 33.8 Å². The van der Waals surface area contributed by atoms with Crippen LogP contribution in [0.4, 0.5) is 4.39 Å². The molecule has 4 rings (SSSR count). The number of hydrogen-bond acceptors (Lipinski definition) is 6. The lowest BCUT2D eigenvalue weighted by Gasteiger charge is -2.29. The molecule has 0 amide bonds. The minimum Gasteiger partial charge on any atom is -0.468 e. The van der Waals surface area contributed by atoms with Crippen molar-refractivity contribution in [3.05, 3.63) is 95.9 Å². The highest BCUT2D eigenvalue weighted by atomic mass is 32.2. The van der Waals surface area contributed by atoms with Crippen molar-refractivity contribution in [3.8, 4) is 5.75 Å². The number of H-pyrrole nitrogens is 1. The topological polar surface area (TPSA) is 106 Å². The maximum atomic E-state index is 13.9. The first-order valence-corrected chi connectivity index (χ1v) is 12.3. The molecule has 0 aliphatic carbocycles. The number of rotatable bonds is 8. The third kappa shape index (κ3) is 5.29. The van der Waals surface area contributed by atoms with E-state index in [1.165, 1.54) is 43.3 Å². The van der Waals surface area contributed by atoms with E-state index in [-0.39, 0.29) is 22.8 Å². The molecule has 1 N–H and O–H groups in total. The zero-order valence-corrected chi connectivity index (χ0v) is 20.3. The van der Waals surface area contributed by atoms with Gasteiger partial charge in [0, 0.05) is 25.2 Å². The molecule has 1 heterocycles. The van der Waals surface area contributed by atoms with Gasteiger partial charge in [-0.2, -0.15) is 4.31 Å². The molecule has 1 unspecified atom stereocenters. The van der Waals surface area contributed by atoms with Crippen LogP contribution in [-0.4, -0.2) is 36.8 Å². The fourth-order valence-electron chi connectivity index (χ4n) is 3.85. The summed E-state index contributed by atoms with van der Waals surface area (Å²) in [6.45, 7) is 1.06. The van der Waals surface area contributed by atoms with Gasteiger partial charge in [-0.3, -0.25) is 4.79 Å². The highest BCUT2D eigenvalue weighted by molar-refractivity contribution is 7.89. The van der Waals surface area contributed by atoms with Crippen LogP contribution in [0.25, 0.3) is 10.9 Å². The number of esters is 2. The summed E-state index contributed by atoms with van der Waals surface area (Å²) in [5.41, 5.74) is 1.74. The van der Waals surface area contributed by atoms with Gasteiger partial charge in [0.1, 0.15) is 17.6 Å². The monoisotopic (exact) mass is 510 g/mol. The highest BCUT2D eigenvalue weighted by Gasteiger charge is 2.38. The Hall–Kier alpha value is -4.02. The number of halogens is 1. The molecular formula is C26H23FN2O6S. The first-order valence-electron chi connectivity index (χ1n) is 10.9. The lowest BCUT2D eigenvalue weighted by molar-refractivity contribution is -0.145. The van der Waals surface area contributed by atoms with Crippen molar-refractivity contribution >= 4 is 32.9 Å². The smallest absolute Gasteiger partial charge is 0.328 e. The van der Waals surface area contributed by atoms with Crippen LogP contribution in [0.3, 0.4) is 0 Å². The second kappa shape index (κ2) is 10.3. The Kier molecular flexibility index (Phi) is 7.18. The zero-order chi connectivity index (χ0) is 25.9. The predicted molar refractivity (Wildman–Crippen MR) is 130 cm³/mol. The molecule has 0 bridgehead atoms. The number of ether oxygens (including phenoxy) is 2. The highest BCUT2D eigenvalue weighted by Crippen LogP contribution is 2.32. The molecule has 186 valence electrons. The van der Waals surface area contributed by atoms with Crippen molar-refractivity contribution in [2.75, 3.05) is 7.11 Å². The molecule has 36 heavy (non-hydrogen) atoms. The zero-order valence-electron chi connectivity index (χ0n) is 19.5. The van der Waals surface area contributed by atoms with E-state index in [1.807, 2.05) is 18.2 Å². The van der Waals surface area contributed by atoms with Gasteiger partial charge in [-0.25, -0.2) is 17.6 Å². The molecule has 8 nitrogen and oxygen atoms in total. The number of fused-ring (bicyclic) bond motifs is 1. The fraction of sp³-hybridized carbons (Fsp3) is 0.154. The molecule has 0 aliphatic heterocycles. The molecule has 3 aromatic carbocycles. The third-order valence-electron chi connectivity index (χ3n) is 5.55. The summed E-state index contributed by atoms with van der Waals surface area (Å²) < 4.78 is 52.4. The second-order valence-corrected chi connectivity index (χ2v) is 9.88. The summed E-state index contributed by atoms with van der Waals surface area (Å²) in [4.78, 5) is 27.1. The summed E-state index contributed by atoms with van der Waals surface area (Å²) in [5, 5.41) is 0.868. The molecule has 0 saturated heterocycles. The molecule has 1 atom stereocenters. The SMILES string of the molecule is COC(=O)C(c1ccc(F)cc1)N(Cc1ccc2[nH]ccc2c1)S(=O)(=O)c1ccc(OC(C)=O)cc1. The van der Waals surface area contributed by atoms with Crippen LogP contribution >= 0.6 is 0 Å². The van der Waals surface area contributed by atoms with E-state index >= 15 is 0 Å². The number of hydrogen-bond donors (Lipinski definition) is 1. The Bertz CT molecular complexity index is 1500. The van der Waals surface area contributed by atoms with Gasteiger partial charge in [0.15, 0.2) is 0 Å². The van der Waals surface area contributed by atoms with Gasteiger partial charge in [0.2, 0.25) is 10.0 Å². The summed E-state index contributed by atoms with van der Waals surface area (Å²) in [7, 11) is -3.15. The van der Waals surface area contributed by atoms with Crippen LogP contribution in [0.2, 0.25) is 0 Å². The molecule has 0 spiro atoms. The largest absolute Gasteiger partial charge is 0.468 e. The van der Waals surface area contributed by atoms with E-state index in [1.54, 1.807) is 12.3 Å². The number of aromatic nitrogens is 1. The molecule has 0 aliphatic rings.